The van der Waals surface area contributed by atoms with Gasteiger partial charge in [-0.1, -0.05) is 33.6 Å². The number of hydrogen-bond donors (Lipinski definition) is 0. The predicted molar refractivity (Wildman–Crippen MR) is 83.6 cm³/mol. The summed E-state index contributed by atoms with van der Waals surface area (Å²) in [6, 6.07) is 0. The second-order valence-corrected chi connectivity index (χ2v) is 5.82. The summed E-state index contributed by atoms with van der Waals surface area (Å²) in [6.45, 7) is 11.9. The van der Waals surface area contributed by atoms with Gasteiger partial charge in [0.1, 0.15) is 0 Å². The number of unbranched alkanes of at least 4 members (excludes halogenated alkanes) is 1. The summed E-state index contributed by atoms with van der Waals surface area (Å²) in [4.78, 5) is 23.5. The molecule has 0 aliphatic rings. The standard InChI is InChI=1S/C17H31O4/c1-6-8-12-20-17(19)15(7-2)11-9-10-14(5)16(18)21-13(3)4/h13-15H,2,6-12H2,1,3-5H3. The molecule has 0 aromatic rings. The minimum atomic E-state index is -0.165. The van der Waals surface area contributed by atoms with Gasteiger partial charge < -0.3 is 9.47 Å². The van der Waals surface area contributed by atoms with Crippen LogP contribution in [-0.2, 0) is 19.1 Å². The van der Waals surface area contributed by atoms with Gasteiger partial charge in [-0.15, -0.1) is 0 Å². The van der Waals surface area contributed by atoms with Gasteiger partial charge >= 0.3 is 11.9 Å². The number of carbonyl (C=O) groups excluding carboxylic acids is 2. The average Bonchev–Trinajstić information content (AvgIpc) is 2.42. The molecule has 0 N–H and O–H groups in total. The predicted octanol–water partition coefficient (Wildman–Crippen LogP) is 3.93. The van der Waals surface area contributed by atoms with E-state index in [0.717, 1.165) is 25.7 Å². The second-order valence-electron chi connectivity index (χ2n) is 5.82. The van der Waals surface area contributed by atoms with E-state index in [2.05, 4.69) is 13.8 Å². The van der Waals surface area contributed by atoms with Crippen molar-refractivity contribution in [2.24, 2.45) is 11.8 Å². The monoisotopic (exact) mass is 299 g/mol. The zero-order chi connectivity index (χ0) is 16.3. The van der Waals surface area contributed by atoms with E-state index in [1.54, 1.807) is 0 Å². The quantitative estimate of drug-likeness (QED) is 0.428. The van der Waals surface area contributed by atoms with E-state index in [1.807, 2.05) is 20.8 Å². The maximum absolute atomic E-state index is 11.9. The van der Waals surface area contributed by atoms with Crippen molar-refractivity contribution in [3.8, 4) is 0 Å². The first-order valence-corrected chi connectivity index (χ1v) is 8.08. The largest absolute Gasteiger partial charge is 0.465 e. The normalized spacial score (nSPS) is 13.8. The van der Waals surface area contributed by atoms with Gasteiger partial charge in [-0.05, 0) is 39.5 Å². The van der Waals surface area contributed by atoms with E-state index in [-0.39, 0.29) is 29.9 Å². The van der Waals surface area contributed by atoms with Gasteiger partial charge in [0.2, 0.25) is 0 Å². The van der Waals surface area contributed by atoms with E-state index >= 15 is 0 Å². The zero-order valence-electron chi connectivity index (χ0n) is 14.0. The van der Waals surface area contributed by atoms with Crippen LogP contribution < -0.4 is 0 Å². The number of hydrogen-bond acceptors (Lipinski definition) is 4. The van der Waals surface area contributed by atoms with Crippen molar-refractivity contribution in [1.82, 2.24) is 0 Å². The lowest BCUT2D eigenvalue weighted by Crippen LogP contribution is -2.20. The Morgan fingerprint density at radius 3 is 2.24 bits per heavy atom. The number of carbonyl (C=O) groups is 2. The Kier molecular flexibility index (Phi) is 11.0. The van der Waals surface area contributed by atoms with Crippen LogP contribution in [0.3, 0.4) is 0 Å². The van der Waals surface area contributed by atoms with E-state index in [4.69, 9.17) is 9.47 Å². The van der Waals surface area contributed by atoms with Crippen molar-refractivity contribution in [2.45, 2.75) is 72.3 Å². The third-order valence-electron chi connectivity index (χ3n) is 3.37. The number of ether oxygens (including phenoxy) is 2. The maximum Gasteiger partial charge on any atom is 0.308 e. The molecule has 4 heteroatoms. The lowest BCUT2D eigenvalue weighted by Gasteiger charge is -2.16. The molecule has 0 saturated carbocycles. The highest BCUT2D eigenvalue weighted by Crippen LogP contribution is 2.18. The van der Waals surface area contributed by atoms with Crippen LogP contribution >= 0.6 is 0 Å². The fourth-order valence-corrected chi connectivity index (χ4v) is 1.95. The second kappa shape index (κ2) is 11.6. The van der Waals surface area contributed by atoms with Crippen LogP contribution in [0.5, 0.6) is 0 Å². The van der Waals surface area contributed by atoms with Crippen LogP contribution in [-0.4, -0.2) is 24.6 Å². The van der Waals surface area contributed by atoms with Crippen molar-refractivity contribution in [1.29, 1.82) is 0 Å². The van der Waals surface area contributed by atoms with Crippen molar-refractivity contribution in [2.75, 3.05) is 6.61 Å². The summed E-state index contributed by atoms with van der Waals surface area (Å²) in [5.74, 6) is -0.610. The molecule has 4 nitrogen and oxygen atoms in total. The molecule has 2 atom stereocenters. The lowest BCUT2D eigenvalue weighted by molar-refractivity contribution is -0.152. The summed E-state index contributed by atoms with van der Waals surface area (Å²) < 4.78 is 10.4. The maximum atomic E-state index is 11.9. The zero-order valence-corrected chi connectivity index (χ0v) is 14.0. The Morgan fingerprint density at radius 1 is 1.05 bits per heavy atom. The van der Waals surface area contributed by atoms with Crippen LogP contribution in [0.25, 0.3) is 0 Å². The molecular formula is C17H31O4. The van der Waals surface area contributed by atoms with Crippen molar-refractivity contribution >= 4 is 11.9 Å². The van der Waals surface area contributed by atoms with E-state index in [1.165, 1.54) is 0 Å². The van der Waals surface area contributed by atoms with Gasteiger partial charge in [-0.2, -0.15) is 0 Å². The Morgan fingerprint density at radius 2 is 1.71 bits per heavy atom. The molecule has 0 aromatic carbocycles. The van der Waals surface area contributed by atoms with Crippen molar-refractivity contribution in [3.63, 3.8) is 0 Å². The Labute approximate surface area is 129 Å². The molecule has 0 aliphatic heterocycles. The Bertz CT molecular complexity index is 299. The topological polar surface area (TPSA) is 52.6 Å². The minimum absolute atomic E-state index is 0.0823. The smallest absolute Gasteiger partial charge is 0.308 e. The van der Waals surface area contributed by atoms with Gasteiger partial charge in [-0.3, -0.25) is 9.59 Å². The lowest BCUT2D eigenvalue weighted by atomic mass is 9.96. The summed E-state index contributed by atoms with van der Waals surface area (Å²) in [5, 5.41) is 0. The molecule has 0 amide bonds. The first kappa shape index (κ1) is 19.9. The number of esters is 2. The highest BCUT2D eigenvalue weighted by atomic mass is 16.5. The van der Waals surface area contributed by atoms with Crippen LogP contribution in [0.1, 0.15) is 66.2 Å². The molecule has 21 heavy (non-hydrogen) atoms. The molecule has 0 aromatic heterocycles. The summed E-state index contributed by atoms with van der Waals surface area (Å²) >= 11 is 0. The van der Waals surface area contributed by atoms with Gasteiger partial charge in [0.25, 0.3) is 0 Å². The molecule has 0 heterocycles. The summed E-state index contributed by atoms with van der Waals surface area (Å²) in [6.07, 6.45) is 4.61. The molecule has 0 spiro atoms. The highest BCUT2D eigenvalue weighted by Gasteiger charge is 2.20. The van der Waals surface area contributed by atoms with Gasteiger partial charge in [-0.25, -0.2) is 0 Å². The third-order valence-corrected chi connectivity index (χ3v) is 3.37. The number of rotatable bonds is 11. The minimum Gasteiger partial charge on any atom is -0.465 e. The molecule has 0 rings (SSSR count). The third kappa shape index (κ3) is 9.48. The van der Waals surface area contributed by atoms with E-state index < -0.39 is 0 Å². The fourth-order valence-electron chi connectivity index (χ4n) is 1.95. The fraction of sp³-hybridized carbons (Fsp3) is 0.824. The Hall–Kier alpha value is -1.06. The molecule has 0 saturated heterocycles. The van der Waals surface area contributed by atoms with Crippen molar-refractivity contribution in [3.05, 3.63) is 6.92 Å². The van der Waals surface area contributed by atoms with Crippen LogP contribution in [0.4, 0.5) is 0 Å². The Balaban J connectivity index is 4.00. The van der Waals surface area contributed by atoms with Gasteiger partial charge in [0.15, 0.2) is 0 Å². The molecular weight excluding hydrogens is 268 g/mol. The van der Waals surface area contributed by atoms with Gasteiger partial charge in [0, 0.05) is 0 Å². The van der Waals surface area contributed by atoms with Crippen LogP contribution in [0, 0.1) is 18.8 Å². The summed E-state index contributed by atoms with van der Waals surface area (Å²) in [5.41, 5.74) is 0. The first-order valence-electron chi connectivity index (χ1n) is 8.08. The average molecular weight is 299 g/mol. The van der Waals surface area contributed by atoms with E-state index in [9.17, 15) is 9.59 Å². The molecule has 0 bridgehead atoms. The van der Waals surface area contributed by atoms with Gasteiger partial charge in [0.05, 0.1) is 24.5 Å². The molecule has 0 fully saturated rings. The molecule has 1 radical (unpaired) electrons. The molecule has 0 aliphatic carbocycles. The highest BCUT2D eigenvalue weighted by molar-refractivity contribution is 5.73. The van der Waals surface area contributed by atoms with E-state index in [0.29, 0.717) is 19.4 Å². The van der Waals surface area contributed by atoms with Crippen molar-refractivity contribution < 1.29 is 19.1 Å². The SMILES string of the molecule is [CH2]CC(CCCC(C)C(=O)OC(C)C)C(=O)OCCCC. The molecule has 2 unspecified atom stereocenters. The van der Waals surface area contributed by atoms with Crippen LogP contribution in [0.15, 0.2) is 0 Å². The van der Waals surface area contributed by atoms with Crippen LogP contribution in [0.2, 0.25) is 0 Å². The summed E-state index contributed by atoms with van der Waals surface area (Å²) in [7, 11) is 0. The first-order chi connectivity index (χ1) is 9.92. The molecule has 123 valence electrons.